The van der Waals surface area contributed by atoms with Crippen molar-refractivity contribution < 1.29 is 0 Å². The fourth-order valence-corrected chi connectivity index (χ4v) is 4.42. The van der Waals surface area contributed by atoms with Crippen LogP contribution in [0.5, 0.6) is 0 Å². The first-order valence-electron chi connectivity index (χ1n) is 8.96. The molecule has 0 aromatic carbocycles. The molecular weight excluding hydrogens is 230 g/mol. The molecule has 19 heavy (non-hydrogen) atoms. The van der Waals surface area contributed by atoms with E-state index in [1.165, 1.54) is 77.0 Å². The Kier molecular flexibility index (Phi) is 8.06. The zero-order valence-corrected chi connectivity index (χ0v) is 13.7. The molecular formula is C18H37N. The quantitative estimate of drug-likeness (QED) is 0.535. The van der Waals surface area contributed by atoms with Crippen LogP contribution in [0.3, 0.4) is 0 Å². The van der Waals surface area contributed by atoms with E-state index in [-0.39, 0.29) is 0 Å². The maximum absolute atomic E-state index is 6.67. The molecule has 0 amide bonds. The van der Waals surface area contributed by atoms with Crippen molar-refractivity contribution in [2.75, 3.05) is 0 Å². The van der Waals surface area contributed by atoms with Gasteiger partial charge in [0.05, 0.1) is 0 Å². The Morgan fingerprint density at radius 3 is 2.42 bits per heavy atom. The summed E-state index contributed by atoms with van der Waals surface area (Å²) in [5.41, 5.74) is 7.14. The average molecular weight is 268 g/mol. The van der Waals surface area contributed by atoms with Crippen molar-refractivity contribution >= 4 is 0 Å². The molecule has 1 aliphatic carbocycles. The normalized spacial score (nSPS) is 29.4. The Morgan fingerprint density at radius 1 is 1.05 bits per heavy atom. The smallest absolute Gasteiger partial charge is 0.00981 e. The fourth-order valence-electron chi connectivity index (χ4n) is 4.42. The number of unbranched alkanes of at least 4 members (excludes halogenated alkanes) is 4. The lowest BCUT2D eigenvalue weighted by molar-refractivity contribution is 0.0494. The molecule has 1 nitrogen and oxygen atoms in total. The lowest BCUT2D eigenvalue weighted by atomic mass is 9.59. The lowest BCUT2D eigenvalue weighted by Crippen LogP contribution is -2.48. The Labute approximate surface area is 121 Å². The highest BCUT2D eigenvalue weighted by Crippen LogP contribution is 2.48. The van der Waals surface area contributed by atoms with Crippen LogP contribution in [0.2, 0.25) is 0 Å². The average Bonchev–Trinajstić information content (AvgIpc) is 2.46. The van der Waals surface area contributed by atoms with E-state index in [0.29, 0.717) is 11.5 Å². The molecule has 0 spiro atoms. The highest BCUT2D eigenvalue weighted by atomic mass is 14.7. The van der Waals surface area contributed by atoms with Gasteiger partial charge in [0.25, 0.3) is 0 Å². The molecule has 1 rings (SSSR count). The van der Waals surface area contributed by atoms with E-state index in [1.807, 2.05) is 0 Å². The van der Waals surface area contributed by atoms with Gasteiger partial charge in [-0.2, -0.15) is 0 Å². The van der Waals surface area contributed by atoms with Crippen molar-refractivity contribution in [3.8, 4) is 0 Å². The summed E-state index contributed by atoms with van der Waals surface area (Å²) in [6, 6.07) is 0.448. The zero-order chi connectivity index (χ0) is 14.1. The number of nitrogens with two attached hydrogens (primary N) is 1. The summed E-state index contributed by atoms with van der Waals surface area (Å²) in [7, 11) is 0. The molecule has 114 valence electrons. The second-order valence-corrected chi connectivity index (χ2v) is 6.75. The van der Waals surface area contributed by atoms with Gasteiger partial charge in [0.15, 0.2) is 0 Å². The standard InChI is InChI=1S/C18H37N/c1-4-7-8-9-10-14-17(19)18(6-3)15-12-11-13-16(18)5-2/h16-17H,4-15,19H2,1-3H3. The second-order valence-electron chi connectivity index (χ2n) is 6.75. The van der Waals surface area contributed by atoms with E-state index in [4.69, 9.17) is 5.73 Å². The molecule has 0 aromatic rings. The molecule has 3 unspecified atom stereocenters. The van der Waals surface area contributed by atoms with E-state index in [1.54, 1.807) is 0 Å². The van der Waals surface area contributed by atoms with Crippen LogP contribution < -0.4 is 5.73 Å². The summed E-state index contributed by atoms with van der Waals surface area (Å²) < 4.78 is 0. The first-order valence-corrected chi connectivity index (χ1v) is 8.96. The molecule has 0 aromatic heterocycles. The van der Waals surface area contributed by atoms with Crippen molar-refractivity contribution in [2.45, 2.75) is 104 Å². The van der Waals surface area contributed by atoms with Crippen LogP contribution in [-0.4, -0.2) is 6.04 Å². The molecule has 1 saturated carbocycles. The molecule has 3 atom stereocenters. The number of hydrogen-bond acceptors (Lipinski definition) is 1. The van der Waals surface area contributed by atoms with Gasteiger partial charge in [-0.05, 0) is 37.0 Å². The van der Waals surface area contributed by atoms with Crippen LogP contribution in [0.4, 0.5) is 0 Å². The monoisotopic (exact) mass is 267 g/mol. The zero-order valence-electron chi connectivity index (χ0n) is 13.7. The third kappa shape index (κ3) is 4.48. The topological polar surface area (TPSA) is 26.0 Å². The fraction of sp³-hybridized carbons (Fsp3) is 1.00. The van der Waals surface area contributed by atoms with Crippen LogP contribution in [0, 0.1) is 11.3 Å². The predicted molar refractivity (Wildman–Crippen MR) is 86.3 cm³/mol. The van der Waals surface area contributed by atoms with Gasteiger partial charge in [0, 0.05) is 6.04 Å². The molecule has 0 saturated heterocycles. The lowest BCUT2D eigenvalue weighted by Gasteiger charge is -2.48. The van der Waals surface area contributed by atoms with Gasteiger partial charge >= 0.3 is 0 Å². The Bertz CT molecular complexity index is 226. The summed E-state index contributed by atoms with van der Waals surface area (Å²) in [4.78, 5) is 0. The minimum Gasteiger partial charge on any atom is -0.327 e. The first-order chi connectivity index (χ1) is 9.21. The van der Waals surface area contributed by atoms with Gasteiger partial charge in [-0.3, -0.25) is 0 Å². The van der Waals surface area contributed by atoms with Crippen LogP contribution in [0.15, 0.2) is 0 Å². The van der Waals surface area contributed by atoms with Crippen molar-refractivity contribution in [1.29, 1.82) is 0 Å². The maximum Gasteiger partial charge on any atom is 0.00981 e. The highest BCUT2D eigenvalue weighted by molar-refractivity contribution is 4.95. The molecule has 0 aliphatic heterocycles. The van der Waals surface area contributed by atoms with E-state index >= 15 is 0 Å². The minimum absolute atomic E-state index is 0.448. The maximum atomic E-state index is 6.67. The molecule has 0 bridgehead atoms. The van der Waals surface area contributed by atoms with Gasteiger partial charge in [-0.1, -0.05) is 72.1 Å². The summed E-state index contributed by atoms with van der Waals surface area (Å²) in [5, 5.41) is 0. The van der Waals surface area contributed by atoms with Gasteiger partial charge < -0.3 is 5.73 Å². The minimum atomic E-state index is 0.448. The molecule has 0 heterocycles. The third-order valence-corrected chi connectivity index (χ3v) is 5.77. The second kappa shape index (κ2) is 9.00. The Morgan fingerprint density at radius 2 is 1.79 bits per heavy atom. The van der Waals surface area contributed by atoms with Gasteiger partial charge in [-0.25, -0.2) is 0 Å². The predicted octanol–water partition coefficient (Wildman–Crippen LogP) is 5.67. The van der Waals surface area contributed by atoms with Gasteiger partial charge in [0.1, 0.15) is 0 Å². The van der Waals surface area contributed by atoms with Gasteiger partial charge in [0.2, 0.25) is 0 Å². The van der Waals surface area contributed by atoms with Crippen LogP contribution in [0.1, 0.15) is 97.8 Å². The largest absolute Gasteiger partial charge is 0.327 e. The van der Waals surface area contributed by atoms with E-state index in [0.717, 1.165) is 5.92 Å². The first kappa shape index (κ1) is 17.0. The number of rotatable bonds is 9. The van der Waals surface area contributed by atoms with E-state index < -0.39 is 0 Å². The highest BCUT2D eigenvalue weighted by Gasteiger charge is 2.42. The molecule has 1 aliphatic rings. The molecule has 2 N–H and O–H groups in total. The number of hydrogen-bond donors (Lipinski definition) is 1. The Hall–Kier alpha value is -0.0400. The summed E-state index contributed by atoms with van der Waals surface area (Å²) in [5.74, 6) is 0.886. The van der Waals surface area contributed by atoms with Crippen molar-refractivity contribution in [3.63, 3.8) is 0 Å². The van der Waals surface area contributed by atoms with Crippen LogP contribution >= 0.6 is 0 Å². The van der Waals surface area contributed by atoms with E-state index in [2.05, 4.69) is 20.8 Å². The SMILES string of the molecule is CCCCCCCC(N)C1(CC)CCCCC1CC. The Balaban J connectivity index is 2.46. The third-order valence-electron chi connectivity index (χ3n) is 5.77. The van der Waals surface area contributed by atoms with Crippen molar-refractivity contribution in [1.82, 2.24) is 0 Å². The van der Waals surface area contributed by atoms with Crippen LogP contribution in [-0.2, 0) is 0 Å². The van der Waals surface area contributed by atoms with Crippen molar-refractivity contribution in [2.24, 2.45) is 17.1 Å². The van der Waals surface area contributed by atoms with Crippen LogP contribution in [0.25, 0.3) is 0 Å². The summed E-state index contributed by atoms with van der Waals surface area (Å²) in [6.07, 6.45) is 16.4. The summed E-state index contributed by atoms with van der Waals surface area (Å²) >= 11 is 0. The van der Waals surface area contributed by atoms with Gasteiger partial charge in [-0.15, -0.1) is 0 Å². The molecule has 1 heteroatoms. The summed E-state index contributed by atoms with van der Waals surface area (Å²) in [6.45, 7) is 7.03. The molecule has 0 radical (unpaired) electrons. The van der Waals surface area contributed by atoms with Crippen molar-refractivity contribution in [3.05, 3.63) is 0 Å². The molecule has 1 fully saturated rings. The van der Waals surface area contributed by atoms with E-state index in [9.17, 15) is 0 Å².